The van der Waals surface area contributed by atoms with Crippen molar-refractivity contribution in [2.75, 3.05) is 7.11 Å². The number of halogens is 2. The van der Waals surface area contributed by atoms with E-state index in [9.17, 15) is 4.79 Å². The maximum Gasteiger partial charge on any atom is 0.171 e. The number of hydrogen-bond acceptors (Lipinski definition) is 2. The van der Waals surface area contributed by atoms with E-state index < -0.39 is 5.41 Å². The summed E-state index contributed by atoms with van der Waals surface area (Å²) in [7, 11) is 1.53. The van der Waals surface area contributed by atoms with Crippen molar-refractivity contribution in [1.29, 1.82) is 0 Å². The van der Waals surface area contributed by atoms with Gasteiger partial charge >= 0.3 is 0 Å². The van der Waals surface area contributed by atoms with Crippen LogP contribution < -0.4 is 4.74 Å². The van der Waals surface area contributed by atoms with Gasteiger partial charge in [0.15, 0.2) is 5.78 Å². The van der Waals surface area contributed by atoms with Crippen LogP contribution in [0, 0.1) is 5.41 Å². The van der Waals surface area contributed by atoms with E-state index in [2.05, 4.69) is 6.58 Å². The van der Waals surface area contributed by atoms with Crippen LogP contribution >= 0.6 is 23.2 Å². The Balaban J connectivity index is 2.59. The summed E-state index contributed by atoms with van der Waals surface area (Å²) in [6.07, 6.45) is 3.02. The molecule has 0 saturated carbocycles. The highest BCUT2D eigenvalue weighted by Gasteiger charge is 2.42. The number of benzene rings is 1. The first-order chi connectivity index (χ1) is 8.44. The molecular weight excluding hydrogens is 271 g/mol. The molecule has 1 unspecified atom stereocenters. The molecule has 1 aromatic carbocycles. The topological polar surface area (TPSA) is 26.3 Å². The number of fused-ring (bicyclic) bond motifs is 1. The Kier molecular flexibility index (Phi) is 3.43. The van der Waals surface area contributed by atoms with Gasteiger partial charge in [-0.1, -0.05) is 36.2 Å². The molecule has 2 rings (SSSR count). The predicted molar refractivity (Wildman–Crippen MR) is 74.0 cm³/mol. The molecule has 0 radical (unpaired) electrons. The van der Waals surface area contributed by atoms with Crippen LogP contribution in [0.15, 0.2) is 18.7 Å². The molecule has 0 spiro atoms. The molecule has 0 heterocycles. The van der Waals surface area contributed by atoms with Crippen LogP contribution in [0.1, 0.15) is 29.3 Å². The average Bonchev–Trinajstić information content (AvgIpc) is 2.57. The Morgan fingerprint density at radius 1 is 1.50 bits per heavy atom. The predicted octanol–water partition coefficient (Wildman–Crippen LogP) is 4.32. The fraction of sp³-hybridized carbons (Fsp3) is 0.357. The van der Waals surface area contributed by atoms with Crippen LogP contribution in [0.25, 0.3) is 0 Å². The van der Waals surface area contributed by atoms with Crippen LogP contribution in [-0.4, -0.2) is 12.9 Å². The summed E-state index contributed by atoms with van der Waals surface area (Å²) in [6, 6.07) is 1.80. The van der Waals surface area contributed by atoms with E-state index >= 15 is 0 Å². The molecule has 0 bridgehead atoms. The van der Waals surface area contributed by atoms with Gasteiger partial charge in [-0.05, 0) is 24.5 Å². The van der Waals surface area contributed by atoms with Crippen molar-refractivity contribution >= 4 is 29.0 Å². The number of methoxy groups -OCH3 is 1. The van der Waals surface area contributed by atoms with Crippen LogP contribution in [0.4, 0.5) is 0 Å². The molecule has 1 atom stereocenters. The molecule has 0 aromatic heterocycles. The van der Waals surface area contributed by atoms with Crippen molar-refractivity contribution in [1.82, 2.24) is 0 Å². The normalized spacial score (nSPS) is 21.9. The third-order valence-corrected chi connectivity index (χ3v) is 4.28. The van der Waals surface area contributed by atoms with E-state index in [0.29, 0.717) is 34.2 Å². The van der Waals surface area contributed by atoms with Crippen LogP contribution in [0.3, 0.4) is 0 Å². The number of carbonyl (C=O) groups excluding carboxylic acids is 1. The first-order valence-electron chi connectivity index (χ1n) is 5.65. The van der Waals surface area contributed by atoms with Gasteiger partial charge in [-0.3, -0.25) is 4.79 Å². The maximum absolute atomic E-state index is 12.4. The fourth-order valence-electron chi connectivity index (χ4n) is 2.47. The van der Waals surface area contributed by atoms with Gasteiger partial charge in [-0.2, -0.15) is 0 Å². The molecule has 0 N–H and O–H groups in total. The van der Waals surface area contributed by atoms with Gasteiger partial charge in [0.25, 0.3) is 0 Å². The molecule has 2 nitrogen and oxygen atoms in total. The lowest BCUT2D eigenvalue weighted by atomic mass is 9.83. The molecule has 0 aliphatic heterocycles. The second-order valence-electron chi connectivity index (χ2n) is 4.80. The lowest BCUT2D eigenvalue weighted by Gasteiger charge is -2.19. The second kappa shape index (κ2) is 4.60. The van der Waals surface area contributed by atoms with Gasteiger partial charge in [0, 0.05) is 11.0 Å². The Labute approximate surface area is 117 Å². The number of Topliss-reactive ketones (excluding diaryl/α,β-unsaturated/α-hetero) is 1. The minimum atomic E-state index is -0.469. The Hall–Kier alpha value is -0.990. The largest absolute Gasteiger partial charge is 0.495 e. The minimum Gasteiger partial charge on any atom is -0.495 e. The van der Waals surface area contributed by atoms with E-state index in [1.807, 2.05) is 6.92 Å². The van der Waals surface area contributed by atoms with E-state index in [1.165, 1.54) is 7.11 Å². The Bertz CT molecular complexity index is 537. The van der Waals surface area contributed by atoms with Gasteiger partial charge in [0.1, 0.15) is 10.8 Å². The second-order valence-corrected chi connectivity index (χ2v) is 5.56. The lowest BCUT2D eigenvalue weighted by molar-refractivity contribution is 0.0845. The first-order valence-corrected chi connectivity index (χ1v) is 6.40. The van der Waals surface area contributed by atoms with Crippen molar-refractivity contribution in [3.05, 3.63) is 39.9 Å². The minimum absolute atomic E-state index is 0.0342. The molecule has 18 heavy (non-hydrogen) atoms. The summed E-state index contributed by atoms with van der Waals surface area (Å²) in [6.45, 7) is 5.63. The first kappa shape index (κ1) is 13.4. The number of ether oxygens (including phenoxy) is 1. The summed E-state index contributed by atoms with van der Waals surface area (Å²) >= 11 is 12.3. The number of carbonyl (C=O) groups is 1. The molecule has 1 aromatic rings. The molecule has 0 amide bonds. The Morgan fingerprint density at radius 2 is 2.17 bits per heavy atom. The third kappa shape index (κ3) is 1.84. The highest BCUT2D eigenvalue weighted by Crippen LogP contribution is 2.47. The Morgan fingerprint density at radius 3 is 2.72 bits per heavy atom. The van der Waals surface area contributed by atoms with E-state index in [0.717, 1.165) is 5.56 Å². The van der Waals surface area contributed by atoms with Gasteiger partial charge in [0.05, 0.1) is 12.1 Å². The van der Waals surface area contributed by atoms with Gasteiger partial charge in [-0.15, -0.1) is 6.58 Å². The number of rotatable bonds is 3. The maximum atomic E-state index is 12.4. The van der Waals surface area contributed by atoms with Crippen LogP contribution in [0.5, 0.6) is 5.75 Å². The van der Waals surface area contributed by atoms with Crippen molar-refractivity contribution < 1.29 is 9.53 Å². The van der Waals surface area contributed by atoms with Crippen LogP contribution in [0.2, 0.25) is 10.0 Å². The summed E-state index contributed by atoms with van der Waals surface area (Å²) in [5.41, 5.74) is 0.964. The fourth-order valence-corrected chi connectivity index (χ4v) is 3.00. The summed E-state index contributed by atoms with van der Waals surface area (Å²) in [5, 5.41) is 0.595. The zero-order chi connectivity index (χ0) is 13.5. The van der Waals surface area contributed by atoms with E-state index in [1.54, 1.807) is 12.1 Å². The lowest BCUT2D eigenvalue weighted by Crippen LogP contribution is -2.23. The highest BCUT2D eigenvalue weighted by atomic mass is 35.5. The van der Waals surface area contributed by atoms with E-state index in [-0.39, 0.29) is 5.78 Å². The van der Waals surface area contributed by atoms with Crippen molar-refractivity contribution in [2.45, 2.75) is 19.8 Å². The molecule has 4 heteroatoms. The number of ketones is 1. The zero-order valence-electron chi connectivity index (χ0n) is 10.3. The molecule has 1 aliphatic carbocycles. The smallest absolute Gasteiger partial charge is 0.171 e. The van der Waals surface area contributed by atoms with E-state index in [4.69, 9.17) is 27.9 Å². The van der Waals surface area contributed by atoms with Gasteiger partial charge in [0.2, 0.25) is 0 Å². The summed E-state index contributed by atoms with van der Waals surface area (Å²) in [4.78, 5) is 12.4. The monoisotopic (exact) mass is 284 g/mol. The molecule has 1 aliphatic rings. The average molecular weight is 285 g/mol. The van der Waals surface area contributed by atoms with Gasteiger partial charge in [-0.25, -0.2) is 0 Å². The number of allylic oxidation sites excluding steroid dienone is 1. The molecule has 96 valence electrons. The van der Waals surface area contributed by atoms with Crippen molar-refractivity contribution in [3.63, 3.8) is 0 Å². The number of hydrogen-bond donors (Lipinski definition) is 0. The van der Waals surface area contributed by atoms with Crippen molar-refractivity contribution in [3.8, 4) is 5.75 Å². The quantitative estimate of drug-likeness (QED) is 0.773. The SMILES string of the molecule is C=CCC1(C)Cc2cc(OC)c(Cl)c(Cl)c2C1=O. The van der Waals surface area contributed by atoms with Crippen molar-refractivity contribution in [2.24, 2.45) is 5.41 Å². The molecule has 0 saturated heterocycles. The molecular formula is C14H14Cl2O2. The highest BCUT2D eigenvalue weighted by molar-refractivity contribution is 6.45. The van der Waals surface area contributed by atoms with Crippen LogP contribution in [-0.2, 0) is 6.42 Å². The molecule has 0 fully saturated rings. The third-order valence-electron chi connectivity index (χ3n) is 3.43. The standard InChI is InChI=1S/C14H14Cl2O2/c1-4-5-14(2)7-8-6-9(18-3)11(15)12(16)10(8)13(14)17/h4,6H,1,5,7H2,2-3H3. The summed E-state index contributed by atoms with van der Waals surface area (Å²) in [5.74, 6) is 0.544. The summed E-state index contributed by atoms with van der Waals surface area (Å²) < 4.78 is 5.17. The zero-order valence-corrected chi connectivity index (χ0v) is 11.9. The van der Waals surface area contributed by atoms with Gasteiger partial charge < -0.3 is 4.74 Å².